The standard InChI is InChI=1S/C15H33N3O/c1-4-5-6-7-8-9-10-11-12-18-15(2,3)13-17-14(16)19/h18H,4-13H2,1-3H3,(H3,16,17,19). The Morgan fingerprint density at radius 2 is 1.53 bits per heavy atom. The van der Waals surface area contributed by atoms with E-state index in [9.17, 15) is 4.79 Å². The van der Waals surface area contributed by atoms with Crippen molar-refractivity contribution in [2.24, 2.45) is 5.73 Å². The normalized spacial score (nSPS) is 11.5. The zero-order chi connectivity index (χ0) is 14.6. The van der Waals surface area contributed by atoms with Gasteiger partial charge in [0.15, 0.2) is 0 Å². The van der Waals surface area contributed by atoms with E-state index < -0.39 is 6.03 Å². The third-order valence-electron chi connectivity index (χ3n) is 3.34. The first-order valence-corrected chi connectivity index (χ1v) is 7.76. The molecule has 0 fully saturated rings. The molecule has 0 radical (unpaired) electrons. The molecule has 0 aromatic carbocycles. The average molecular weight is 271 g/mol. The number of urea groups is 1. The number of rotatable bonds is 12. The Morgan fingerprint density at radius 1 is 1.00 bits per heavy atom. The molecule has 0 aliphatic heterocycles. The summed E-state index contributed by atoms with van der Waals surface area (Å²) < 4.78 is 0. The summed E-state index contributed by atoms with van der Waals surface area (Å²) in [6, 6.07) is -0.457. The predicted octanol–water partition coefficient (Wildman–Crippen LogP) is 3.16. The smallest absolute Gasteiger partial charge is 0.312 e. The van der Waals surface area contributed by atoms with Crippen molar-refractivity contribution in [2.75, 3.05) is 13.1 Å². The highest BCUT2D eigenvalue weighted by molar-refractivity contribution is 5.71. The van der Waals surface area contributed by atoms with E-state index in [0.717, 1.165) is 6.54 Å². The van der Waals surface area contributed by atoms with E-state index in [1.807, 2.05) is 0 Å². The molecule has 19 heavy (non-hydrogen) atoms. The number of carbonyl (C=O) groups is 1. The number of nitrogens with one attached hydrogen (secondary N) is 2. The Bertz CT molecular complexity index is 229. The van der Waals surface area contributed by atoms with Crippen LogP contribution in [0.25, 0.3) is 0 Å². The molecular weight excluding hydrogens is 238 g/mol. The first-order valence-electron chi connectivity index (χ1n) is 7.76. The van der Waals surface area contributed by atoms with E-state index in [1.165, 1.54) is 51.4 Å². The summed E-state index contributed by atoms with van der Waals surface area (Å²) in [5.41, 5.74) is 4.98. The van der Waals surface area contributed by atoms with Gasteiger partial charge in [-0.05, 0) is 26.8 Å². The molecule has 0 saturated heterocycles. The Kier molecular flexibility index (Phi) is 10.6. The van der Waals surface area contributed by atoms with E-state index in [2.05, 4.69) is 31.4 Å². The monoisotopic (exact) mass is 271 g/mol. The molecule has 0 spiro atoms. The van der Waals surface area contributed by atoms with Crippen molar-refractivity contribution in [3.8, 4) is 0 Å². The summed E-state index contributed by atoms with van der Waals surface area (Å²) in [6.45, 7) is 7.98. The number of primary amides is 1. The van der Waals surface area contributed by atoms with Crippen LogP contribution < -0.4 is 16.4 Å². The molecular formula is C15H33N3O. The second-order valence-electron chi connectivity index (χ2n) is 6.00. The van der Waals surface area contributed by atoms with E-state index in [4.69, 9.17) is 5.73 Å². The third-order valence-corrected chi connectivity index (χ3v) is 3.34. The van der Waals surface area contributed by atoms with Gasteiger partial charge in [0.25, 0.3) is 0 Å². The fraction of sp³-hybridized carbons (Fsp3) is 0.933. The van der Waals surface area contributed by atoms with Gasteiger partial charge in [0.05, 0.1) is 0 Å². The summed E-state index contributed by atoms with van der Waals surface area (Å²) in [5.74, 6) is 0. The molecule has 4 heteroatoms. The highest BCUT2D eigenvalue weighted by atomic mass is 16.2. The Hall–Kier alpha value is -0.770. The van der Waals surface area contributed by atoms with Gasteiger partial charge in [0.1, 0.15) is 0 Å². The molecule has 4 nitrogen and oxygen atoms in total. The lowest BCUT2D eigenvalue weighted by Gasteiger charge is -2.26. The van der Waals surface area contributed by atoms with Crippen LogP contribution in [-0.4, -0.2) is 24.7 Å². The predicted molar refractivity (Wildman–Crippen MR) is 82.3 cm³/mol. The lowest BCUT2D eigenvalue weighted by molar-refractivity contribution is 0.244. The molecule has 0 atom stereocenters. The number of nitrogens with two attached hydrogens (primary N) is 1. The molecule has 114 valence electrons. The molecule has 2 amide bonds. The second kappa shape index (κ2) is 11.1. The van der Waals surface area contributed by atoms with Crippen molar-refractivity contribution in [3.63, 3.8) is 0 Å². The van der Waals surface area contributed by atoms with Gasteiger partial charge >= 0.3 is 6.03 Å². The van der Waals surface area contributed by atoms with Gasteiger partial charge < -0.3 is 16.4 Å². The Labute approximate surface area is 118 Å². The first kappa shape index (κ1) is 18.2. The van der Waals surface area contributed by atoms with Crippen molar-refractivity contribution in [1.29, 1.82) is 0 Å². The van der Waals surface area contributed by atoms with Gasteiger partial charge in [-0.15, -0.1) is 0 Å². The lowest BCUT2D eigenvalue weighted by Crippen LogP contribution is -2.50. The number of unbranched alkanes of at least 4 members (excludes halogenated alkanes) is 7. The van der Waals surface area contributed by atoms with Gasteiger partial charge in [-0.2, -0.15) is 0 Å². The van der Waals surface area contributed by atoms with Crippen molar-refractivity contribution in [2.45, 2.75) is 77.7 Å². The van der Waals surface area contributed by atoms with Crippen LogP contribution in [0.4, 0.5) is 4.79 Å². The van der Waals surface area contributed by atoms with Crippen LogP contribution in [0.3, 0.4) is 0 Å². The van der Waals surface area contributed by atoms with E-state index >= 15 is 0 Å². The maximum absolute atomic E-state index is 10.7. The van der Waals surface area contributed by atoms with Gasteiger partial charge in [-0.25, -0.2) is 4.79 Å². The fourth-order valence-electron chi connectivity index (χ4n) is 2.06. The number of amides is 2. The summed E-state index contributed by atoms with van der Waals surface area (Å²) in [4.78, 5) is 10.7. The molecule has 0 heterocycles. The van der Waals surface area contributed by atoms with Crippen LogP contribution in [0, 0.1) is 0 Å². The lowest BCUT2D eigenvalue weighted by atomic mass is 10.0. The zero-order valence-electron chi connectivity index (χ0n) is 13.1. The summed E-state index contributed by atoms with van der Waals surface area (Å²) in [7, 11) is 0. The topological polar surface area (TPSA) is 67.2 Å². The SMILES string of the molecule is CCCCCCCCCCNC(C)(C)CNC(N)=O. The third kappa shape index (κ3) is 13.5. The highest BCUT2D eigenvalue weighted by Gasteiger charge is 2.16. The molecule has 0 bridgehead atoms. The molecule has 0 aromatic rings. The molecule has 0 rings (SSSR count). The maximum Gasteiger partial charge on any atom is 0.312 e. The van der Waals surface area contributed by atoms with Crippen LogP contribution in [0.5, 0.6) is 0 Å². The van der Waals surface area contributed by atoms with Crippen molar-refractivity contribution in [1.82, 2.24) is 10.6 Å². The van der Waals surface area contributed by atoms with Crippen molar-refractivity contribution < 1.29 is 4.79 Å². The van der Waals surface area contributed by atoms with E-state index in [0.29, 0.717) is 6.54 Å². The van der Waals surface area contributed by atoms with Gasteiger partial charge in [-0.3, -0.25) is 0 Å². The van der Waals surface area contributed by atoms with Crippen LogP contribution in [-0.2, 0) is 0 Å². The quantitative estimate of drug-likeness (QED) is 0.477. The molecule has 4 N–H and O–H groups in total. The summed E-state index contributed by atoms with van der Waals surface area (Å²) in [6.07, 6.45) is 10.7. The molecule has 0 aliphatic rings. The minimum atomic E-state index is -0.457. The minimum Gasteiger partial charge on any atom is -0.352 e. The van der Waals surface area contributed by atoms with Crippen LogP contribution in [0.15, 0.2) is 0 Å². The summed E-state index contributed by atoms with van der Waals surface area (Å²) in [5, 5.41) is 6.10. The zero-order valence-corrected chi connectivity index (χ0v) is 13.1. The molecule has 0 aromatic heterocycles. The number of hydrogen-bond donors (Lipinski definition) is 3. The average Bonchev–Trinajstić information content (AvgIpc) is 2.34. The minimum absolute atomic E-state index is 0.0871. The molecule has 0 unspecified atom stereocenters. The van der Waals surface area contributed by atoms with Gasteiger partial charge in [-0.1, -0.05) is 51.9 Å². The largest absolute Gasteiger partial charge is 0.352 e. The van der Waals surface area contributed by atoms with Crippen molar-refractivity contribution >= 4 is 6.03 Å². The fourth-order valence-corrected chi connectivity index (χ4v) is 2.06. The summed E-state index contributed by atoms with van der Waals surface area (Å²) >= 11 is 0. The highest BCUT2D eigenvalue weighted by Crippen LogP contribution is 2.08. The van der Waals surface area contributed by atoms with Gasteiger partial charge in [0, 0.05) is 12.1 Å². The van der Waals surface area contributed by atoms with Crippen LogP contribution >= 0.6 is 0 Å². The first-order chi connectivity index (χ1) is 8.98. The van der Waals surface area contributed by atoms with Crippen molar-refractivity contribution in [3.05, 3.63) is 0 Å². The molecule has 0 aliphatic carbocycles. The van der Waals surface area contributed by atoms with E-state index in [-0.39, 0.29) is 5.54 Å². The number of carbonyl (C=O) groups excluding carboxylic acids is 1. The van der Waals surface area contributed by atoms with E-state index in [1.54, 1.807) is 0 Å². The number of hydrogen-bond acceptors (Lipinski definition) is 2. The molecule has 0 saturated carbocycles. The van der Waals surface area contributed by atoms with Gasteiger partial charge in [0.2, 0.25) is 0 Å². The maximum atomic E-state index is 10.7. The Balaban J connectivity index is 3.35. The second-order valence-corrected chi connectivity index (χ2v) is 6.00. The van der Waals surface area contributed by atoms with Crippen LogP contribution in [0.1, 0.15) is 72.1 Å². The Morgan fingerprint density at radius 3 is 2.05 bits per heavy atom. The van der Waals surface area contributed by atoms with Crippen LogP contribution in [0.2, 0.25) is 0 Å².